The number of oxazole rings is 1. The van der Waals surface area contributed by atoms with Crippen LogP contribution in [-0.4, -0.2) is 40.2 Å². The van der Waals surface area contributed by atoms with Gasteiger partial charge in [0.2, 0.25) is 5.91 Å². The normalized spacial score (nSPS) is 17.5. The van der Waals surface area contributed by atoms with Gasteiger partial charge in [-0.1, -0.05) is 0 Å². The third-order valence-electron chi connectivity index (χ3n) is 4.27. The Morgan fingerprint density at radius 2 is 2.04 bits per heavy atom. The lowest BCUT2D eigenvalue weighted by Gasteiger charge is -2.24. The van der Waals surface area contributed by atoms with Gasteiger partial charge in [0.15, 0.2) is 5.58 Å². The molecule has 0 unspecified atom stereocenters. The second-order valence-corrected chi connectivity index (χ2v) is 7.51. The molecule has 1 aliphatic heterocycles. The van der Waals surface area contributed by atoms with Crippen LogP contribution < -0.4 is 11.1 Å². The molecule has 1 N–H and O–H groups in total. The van der Waals surface area contributed by atoms with Crippen LogP contribution in [-0.2, 0) is 16.6 Å². The molecular weight excluding hydrogens is 338 g/mol. The largest absolute Gasteiger partial charge is 0.444 e. The zero-order valence-corrected chi connectivity index (χ0v) is 15.4. The van der Waals surface area contributed by atoms with Crippen LogP contribution in [0.1, 0.15) is 27.2 Å². The van der Waals surface area contributed by atoms with Crippen molar-refractivity contribution in [2.45, 2.75) is 32.8 Å². The average molecular weight is 361 g/mol. The minimum absolute atomic E-state index is 0.173. The van der Waals surface area contributed by atoms with Crippen molar-refractivity contribution >= 4 is 28.8 Å². The minimum Gasteiger partial charge on any atom is -0.444 e. The summed E-state index contributed by atoms with van der Waals surface area (Å²) in [6.07, 6.45) is 0.175. The Kier molecular flexibility index (Phi) is 4.52. The molecule has 1 atom stereocenters. The van der Waals surface area contributed by atoms with Gasteiger partial charge in [-0.3, -0.25) is 9.36 Å². The Labute approximate surface area is 150 Å². The Balaban J connectivity index is 1.64. The van der Waals surface area contributed by atoms with Crippen molar-refractivity contribution in [3.8, 4) is 0 Å². The van der Waals surface area contributed by atoms with Gasteiger partial charge in [-0.2, -0.15) is 0 Å². The number of carbonyl (C=O) groups is 2. The second kappa shape index (κ2) is 6.51. The first-order valence-electron chi connectivity index (χ1n) is 8.52. The first-order valence-corrected chi connectivity index (χ1v) is 8.52. The Bertz CT molecular complexity index is 906. The van der Waals surface area contributed by atoms with E-state index in [0.717, 1.165) is 0 Å². The van der Waals surface area contributed by atoms with Gasteiger partial charge in [0.05, 0.1) is 11.4 Å². The smallest absolute Gasteiger partial charge is 0.419 e. The minimum atomic E-state index is -0.563. The summed E-state index contributed by atoms with van der Waals surface area (Å²) in [4.78, 5) is 37.7. The van der Waals surface area contributed by atoms with Crippen LogP contribution in [0.15, 0.2) is 27.4 Å². The fourth-order valence-electron chi connectivity index (χ4n) is 2.92. The third-order valence-corrected chi connectivity index (χ3v) is 4.27. The lowest BCUT2D eigenvalue weighted by atomic mass is 10.1. The van der Waals surface area contributed by atoms with Crippen molar-refractivity contribution < 1.29 is 18.7 Å². The van der Waals surface area contributed by atoms with Gasteiger partial charge < -0.3 is 19.4 Å². The van der Waals surface area contributed by atoms with Crippen LogP contribution in [0, 0.1) is 5.92 Å². The Morgan fingerprint density at radius 3 is 2.73 bits per heavy atom. The number of ether oxygens (including phenoxy) is 1. The first-order chi connectivity index (χ1) is 12.1. The van der Waals surface area contributed by atoms with E-state index < -0.39 is 17.5 Å². The van der Waals surface area contributed by atoms with E-state index in [4.69, 9.17) is 9.15 Å². The maximum Gasteiger partial charge on any atom is 0.419 e. The van der Waals surface area contributed by atoms with Gasteiger partial charge in [0.1, 0.15) is 5.60 Å². The molecule has 0 bridgehead atoms. The quantitative estimate of drug-likeness (QED) is 0.886. The second-order valence-electron chi connectivity index (χ2n) is 7.51. The van der Waals surface area contributed by atoms with Crippen molar-refractivity contribution in [1.29, 1.82) is 0 Å². The van der Waals surface area contributed by atoms with Gasteiger partial charge in [-0.15, -0.1) is 0 Å². The molecule has 2 aromatic rings. The number of rotatable bonds is 2. The van der Waals surface area contributed by atoms with E-state index in [1.165, 1.54) is 4.57 Å². The van der Waals surface area contributed by atoms with E-state index >= 15 is 0 Å². The number of hydrogen-bond donors (Lipinski definition) is 1. The standard InChI is InChI=1S/C18H23N3O5/c1-18(2,3)26-17(24)21-8-7-11(10-21)15(22)19-12-5-6-13-14(9-12)25-16(23)20(13)4/h5-6,9,11H,7-8,10H2,1-4H3,(H,19,22)/t11-/m0/s1. The molecule has 8 nitrogen and oxygen atoms in total. The van der Waals surface area contributed by atoms with Crippen LogP contribution in [0.25, 0.3) is 11.1 Å². The number of fused-ring (bicyclic) bond motifs is 1. The van der Waals surface area contributed by atoms with E-state index in [9.17, 15) is 14.4 Å². The summed E-state index contributed by atoms with van der Waals surface area (Å²) in [7, 11) is 1.62. The molecule has 0 aliphatic carbocycles. The molecule has 26 heavy (non-hydrogen) atoms. The number of amides is 2. The zero-order valence-electron chi connectivity index (χ0n) is 15.4. The van der Waals surface area contributed by atoms with Gasteiger partial charge in [-0.05, 0) is 39.3 Å². The highest BCUT2D eigenvalue weighted by molar-refractivity contribution is 5.94. The summed E-state index contributed by atoms with van der Waals surface area (Å²) in [5.74, 6) is -0.929. The number of nitrogens with zero attached hydrogens (tertiary/aromatic N) is 2. The third kappa shape index (κ3) is 3.74. The molecule has 1 saturated heterocycles. The molecule has 1 aliphatic rings. The lowest BCUT2D eigenvalue weighted by Crippen LogP contribution is -2.36. The molecule has 3 rings (SSSR count). The summed E-state index contributed by atoms with van der Waals surface area (Å²) < 4.78 is 11.9. The number of hydrogen-bond acceptors (Lipinski definition) is 5. The first kappa shape index (κ1) is 18.0. The van der Waals surface area contributed by atoms with Crippen molar-refractivity contribution in [2.75, 3.05) is 18.4 Å². The topological polar surface area (TPSA) is 93.8 Å². The predicted octanol–water partition coefficient (Wildman–Crippen LogP) is 2.33. The fraction of sp³-hybridized carbons (Fsp3) is 0.500. The highest BCUT2D eigenvalue weighted by Crippen LogP contribution is 2.23. The number of nitrogens with one attached hydrogen (secondary N) is 1. The van der Waals surface area contributed by atoms with Gasteiger partial charge in [0.25, 0.3) is 0 Å². The van der Waals surface area contributed by atoms with Gasteiger partial charge in [0, 0.05) is 31.9 Å². The number of benzene rings is 1. The summed E-state index contributed by atoms with van der Waals surface area (Å²) in [6.45, 7) is 6.23. The van der Waals surface area contributed by atoms with Crippen molar-refractivity contribution in [1.82, 2.24) is 9.47 Å². The number of aromatic nitrogens is 1. The fourth-order valence-corrected chi connectivity index (χ4v) is 2.92. The van der Waals surface area contributed by atoms with E-state index in [2.05, 4.69) is 5.32 Å². The molecule has 8 heteroatoms. The molecule has 0 radical (unpaired) electrons. The SMILES string of the molecule is Cn1c(=O)oc2cc(NC(=O)[C@H]3CCN(C(=O)OC(C)(C)C)C3)ccc21. The number of carbonyl (C=O) groups excluding carboxylic acids is 2. The Morgan fingerprint density at radius 1 is 1.31 bits per heavy atom. The lowest BCUT2D eigenvalue weighted by molar-refractivity contribution is -0.119. The van der Waals surface area contributed by atoms with Gasteiger partial charge >= 0.3 is 11.8 Å². The molecule has 1 aromatic carbocycles. The summed E-state index contributed by atoms with van der Waals surface area (Å²) in [6, 6.07) is 5.06. The highest BCUT2D eigenvalue weighted by Gasteiger charge is 2.33. The maximum atomic E-state index is 12.5. The van der Waals surface area contributed by atoms with E-state index in [1.54, 1.807) is 30.1 Å². The molecule has 0 spiro atoms. The summed E-state index contributed by atoms with van der Waals surface area (Å²) >= 11 is 0. The van der Waals surface area contributed by atoms with Gasteiger partial charge in [-0.25, -0.2) is 9.59 Å². The molecular formula is C18H23N3O5. The van der Waals surface area contributed by atoms with E-state index in [0.29, 0.717) is 36.3 Å². The number of likely N-dealkylation sites (tertiary alicyclic amines) is 1. The molecule has 1 fully saturated rings. The van der Waals surface area contributed by atoms with Crippen LogP contribution in [0.3, 0.4) is 0 Å². The summed E-state index contributed by atoms with van der Waals surface area (Å²) in [5, 5.41) is 2.82. The predicted molar refractivity (Wildman–Crippen MR) is 96.0 cm³/mol. The monoisotopic (exact) mass is 361 g/mol. The molecule has 140 valence electrons. The van der Waals surface area contributed by atoms with Crippen molar-refractivity contribution in [2.24, 2.45) is 13.0 Å². The van der Waals surface area contributed by atoms with Crippen molar-refractivity contribution in [3.05, 3.63) is 28.7 Å². The van der Waals surface area contributed by atoms with E-state index in [1.807, 2.05) is 20.8 Å². The van der Waals surface area contributed by atoms with E-state index in [-0.39, 0.29) is 11.8 Å². The Hall–Kier alpha value is -2.77. The molecule has 1 aromatic heterocycles. The average Bonchev–Trinajstić information content (AvgIpc) is 3.12. The number of anilines is 1. The molecule has 0 saturated carbocycles. The van der Waals surface area contributed by atoms with Crippen LogP contribution in [0.5, 0.6) is 0 Å². The van der Waals surface area contributed by atoms with Crippen LogP contribution in [0.4, 0.5) is 10.5 Å². The van der Waals surface area contributed by atoms with Crippen LogP contribution >= 0.6 is 0 Å². The highest BCUT2D eigenvalue weighted by atomic mass is 16.6. The van der Waals surface area contributed by atoms with Crippen molar-refractivity contribution in [3.63, 3.8) is 0 Å². The zero-order chi connectivity index (χ0) is 19.1. The molecule has 2 heterocycles. The maximum absolute atomic E-state index is 12.5. The number of aryl methyl sites for hydroxylation is 1. The van der Waals surface area contributed by atoms with Crippen LogP contribution in [0.2, 0.25) is 0 Å². The molecule has 2 amide bonds. The summed E-state index contributed by atoms with van der Waals surface area (Å²) in [5.41, 5.74) is 1.06.